The molecule has 12 heavy (non-hydrogen) atoms. The van der Waals surface area contributed by atoms with Crippen LogP contribution in [-0.2, 0) is 6.61 Å². The number of benzene rings is 1. The number of rotatable bonds is 1. The highest BCUT2D eigenvalue weighted by molar-refractivity contribution is 5.12. The van der Waals surface area contributed by atoms with Crippen LogP contribution in [0.15, 0.2) is 30.3 Å². The van der Waals surface area contributed by atoms with Gasteiger partial charge in [-0.25, -0.2) is 0 Å². The molecule has 0 aliphatic heterocycles. The van der Waals surface area contributed by atoms with Crippen molar-refractivity contribution in [3.05, 3.63) is 35.9 Å². The molecule has 0 saturated heterocycles. The first-order valence-electron chi connectivity index (χ1n) is 4.31. The topological polar surface area (TPSA) is 20.2 Å². The van der Waals surface area contributed by atoms with Gasteiger partial charge < -0.3 is 5.11 Å². The molecule has 0 spiro atoms. The van der Waals surface area contributed by atoms with E-state index in [9.17, 15) is 0 Å². The molecule has 0 amide bonds. The van der Waals surface area contributed by atoms with E-state index >= 15 is 0 Å². The van der Waals surface area contributed by atoms with E-state index < -0.39 is 0 Å². The fourth-order valence-electron chi connectivity index (χ4n) is 0.583. The van der Waals surface area contributed by atoms with Gasteiger partial charge in [0.1, 0.15) is 0 Å². The predicted molar refractivity (Wildman–Crippen MR) is 52.9 cm³/mol. The second kappa shape index (κ2) is 6.86. The summed E-state index contributed by atoms with van der Waals surface area (Å²) in [4.78, 5) is 0. The summed E-state index contributed by atoms with van der Waals surface area (Å²) < 4.78 is 0. The molecule has 0 bridgehead atoms. The molecular weight excluding hydrogens is 148 g/mol. The van der Waals surface area contributed by atoms with E-state index in [1.54, 1.807) is 0 Å². The van der Waals surface area contributed by atoms with Crippen LogP contribution >= 0.6 is 0 Å². The van der Waals surface area contributed by atoms with E-state index in [4.69, 9.17) is 5.11 Å². The Kier molecular flexibility index (Phi) is 6.39. The molecule has 0 aliphatic rings. The van der Waals surface area contributed by atoms with Crippen molar-refractivity contribution in [2.45, 2.75) is 27.4 Å². The Balaban J connectivity index is 0.000000261. The van der Waals surface area contributed by atoms with Crippen LogP contribution in [-0.4, -0.2) is 5.11 Å². The third kappa shape index (κ3) is 7.29. The lowest BCUT2D eigenvalue weighted by Crippen LogP contribution is -1.77. The molecule has 0 fully saturated rings. The molecular formula is C11H18O. The van der Waals surface area contributed by atoms with Gasteiger partial charge >= 0.3 is 0 Å². The van der Waals surface area contributed by atoms with Crippen molar-refractivity contribution in [2.24, 2.45) is 5.92 Å². The second-order valence-electron chi connectivity index (χ2n) is 3.38. The van der Waals surface area contributed by atoms with Gasteiger partial charge in [-0.2, -0.15) is 0 Å². The van der Waals surface area contributed by atoms with Crippen molar-refractivity contribution in [3.63, 3.8) is 0 Å². The molecule has 1 rings (SSSR count). The average Bonchev–Trinajstić information content (AvgIpc) is 2.05. The van der Waals surface area contributed by atoms with Gasteiger partial charge in [0, 0.05) is 0 Å². The van der Waals surface area contributed by atoms with Gasteiger partial charge in [0.2, 0.25) is 0 Å². The molecule has 0 aliphatic carbocycles. The van der Waals surface area contributed by atoms with Crippen LogP contribution in [0.25, 0.3) is 0 Å². The monoisotopic (exact) mass is 166 g/mol. The summed E-state index contributed by atoms with van der Waals surface area (Å²) in [7, 11) is 0. The normalized spacial score (nSPS) is 9.08. The number of hydrogen-bond acceptors (Lipinski definition) is 1. The van der Waals surface area contributed by atoms with Crippen LogP contribution in [0, 0.1) is 5.92 Å². The minimum absolute atomic E-state index is 0.140. The Morgan fingerprint density at radius 2 is 1.50 bits per heavy atom. The lowest BCUT2D eigenvalue weighted by molar-refractivity contribution is 0.282. The summed E-state index contributed by atoms with van der Waals surface area (Å²) in [5.74, 6) is 0.833. The number of aliphatic hydroxyl groups excluding tert-OH is 1. The van der Waals surface area contributed by atoms with Crippen molar-refractivity contribution in [3.8, 4) is 0 Å². The standard InChI is InChI=1S/C7H8O.C4H10/c8-6-7-4-2-1-3-5-7;1-4(2)3/h1-5,8H,6H2;4H,1-3H3. The zero-order valence-electron chi connectivity index (χ0n) is 8.12. The molecule has 0 atom stereocenters. The van der Waals surface area contributed by atoms with Gasteiger partial charge in [0.25, 0.3) is 0 Å². The highest BCUT2D eigenvalue weighted by Crippen LogP contribution is 1.95. The van der Waals surface area contributed by atoms with Crippen LogP contribution in [0.1, 0.15) is 26.3 Å². The maximum absolute atomic E-state index is 8.54. The first-order chi connectivity index (χ1) is 5.66. The third-order valence-electron chi connectivity index (χ3n) is 1.03. The molecule has 0 saturated carbocycles. The van der Waals surface area contributed by atoms with Crippen molar-refractivity contribution < 1.29 is 5.11 Å². The Hall–Kier alpha value is -0.820. The smallest absolute Gasteiger partial charge is 0.0681 e. The third-order valence-corrected chi connectivity index (χ3v) is 1.03. The molecule has 0 unspecified atom stereocenters. The van der Waals surface area contributed by atoms with Crippen LogP contribution in [0.4, 0.5) is 0 Å². The van der Waals surface area contributed by atoms with Crippen LogP contribution < -0.4 is 0 Å². The first-order valence-corrected chi connectivity index (χ1v) is 4.31. The fraction of sp³-hybridized carbons (Fsp3) is 0.455. The van der Waals surface area contributed by atoms with Crippen LogP contribution in [0.5, 0.6) is 0 Å². The summed E-state index contributed by atoms with van der Waals surface area (Å²) in [5, 5.41) is 8.54. The zero-order chi connectivity index (χ0) is 9.40. The molecule has 0 radical (unpaired) electrons. The van der Waals surface area contributed by atoms with Crippen molar-refractivity contribution in [2.75, 3.05) is 0 Å². The molecule has 1 aromatic rings. The molecule has 1 aromatic carbocycles. The Morgan fingerprint density at radius 3 is 1.75 bits per heavy atom. The second-order valence-corrected chi connectivity index (χ2v) is 3.38. The summed E-state index contributed by atoms with van der Waals surface area (Å²) >= 11 is 0. The van der Waals surface area contributed by atoms with E-state index in [0.29, 0.717) is 0 Å². The van der Waals surface area contributed by atoms with E-state index in [-0.39, 0.29) is 6.61 Å². The first kappa shape index (κ1) is 11.2. The summed E-state index contributed by atoms with van der Waals surface area (Å²) in [6, 6.07) is 9.52. The van der Waals surface area contributed by atoms with Crippen molar-refractivity contribution >= 4 is 0 Å². The summed E-state index contributed by atoms with van der Waals surface area (Å²) in [6.45, 7) is 6.64. The zero-order valence-corrected chi connectivity index (χ0v) is 8.12. The van der Waals surface area contributed by atoms with Gasteiger partial charge in [-0.05, 0) is 11.5 Å². The Bertz CT molecular complexity index is 177. The van der Waals surface area contributed by atoms with Crippen LogP contribution in [0.2, 0.25) is 0 Å². The highest BCUT2D eigenvalue weighted by Gasteiger charge is 1.81. The van der Waals surface area contributed by atoms with Gasteiger partial charge in [-0.1, -0.05) is 51.1 Å². The summed E-state index contributed by atoms with van der Waals surface area (Å²) in [6.07, 6.45) is 0. The van der Waals surface area contributed by atoms with Crippen molar-refractivity contribution in [1.29, 1.82) is 0 Å². The predicted octanol–water partition coefficient (Wildman–Crippen LogP) is 2.84. The van der Waals surface area contributed by atoms with E-state index in [1.165, 1.54) is 0 Å². The maximum atomic E-state index is 8.54. The Labute approximate surface area is 75.1 Å². The van der Waals surface area contributed by atoms with Gasteiger partial charge in [0.15, 0.2) is 0 Å². The van der Waals surface area contributed by atoms with E-state index in [2.05, 4.69) is 20.8 Å². The average molecular weight is 166 g/mol. The highest BCUT2D eigenvalue weighted by atomic mass is 16.3. The minimum Gasteiger partial charge on any atom is -0.392 e. The maximum Gasteiger partial charge on any atom is 0.0681 e. The minimum atomic E-state index is 0.140. The Morgan fingerprint density at radius 1 is 1.08 bits per heavy atom. The lowest BCUT2D eigenvalue weighted by Gasteiger charge is -1.89. The van der Waals surface area contributed by atoms with Crippen LogP contribution in [0.3, 0.4) is 0 Å². The van der Waals surface area contributed by atoms with Crippen molar-refractivity contribution in [1.82, 2.24) is 0 Å². The fourth-order valence-corrected chi connectivity index (χ4v) is 0.583. The van der Waals surface area contributed by atoms with Gasteiger partial charge in [0.05, 0.1) is 6.61 Å². The summed E-state index contributed by atoms with van der Waals surface area (Å²) in [5.41, 5.74) is 0.965. The largest absolute Gasteiger partial charge is 0.392 e. The van der Waals surface area contributed by atoms with E-state index in [0.717, 1.165) is 11.5 Å². The molecule has 1 nitrogen and oxygen atoms in total. The SMILES string of the molecule is CC(C)C.OCc1ccccc1. The molecule has 0 heterocycles. The lowest BCUT2D eigenvalue weighted by atomic mass is 10.2. The molecule has 1 heteroatoms. The number of hydrogen-bond donors (Lipinski definition) is 1. The van der Waals surface area contributed by atoms with Gasteiger partial charge in [-0.15, -0.1) is 0 Å². The van der Waals surface area contributed by atoms with E-state index in [1.807, 2.05) is 30.3 Å². The number of aliphatic hydroxyl groups is 1. The molecule has 0 aromatic heterocycles. The van der Waals surface area contributed by atoms with Gasteiger partial charge in [-0.3, -0.25) is 0 Å². The quantitative estimate of drug-likeness (QED) is 0.680. The molecule has 68 valence electrons. The molecule has 1 N–H and O–H groups in total.